The molecule has 0 radical (unpaired) electrons. The van der Waals surface area contributed by atoms with E-state index in [0.717, 1.165) is 12.2 Å². The van der Waals surface area contributed by atoms with Gasteiger partial charge in [0.25, 0.3) is 0 Å². The standard InChI is InChI=1S/C20H20N3/c1-12-7-13(2)14(3)16(8-12)20-22-11-18-17-10-21-6-5-15(17)9-19(18)23(20)4/h5-8,10-11H,9H2,1-4H3/q+1. The third-order valence-electron chi connectivity index (χ3n) is 4.96. The Labute approximate surface area is 136 Å². The van der Waals surface area contributed by atoms with E-state index in [1.54, 1.807) is 0 Å². The first-order valence-electron chi connectivity index (χ1n) is 7.95. The summed E-state index contributed by atoms with van der Waals surface area (Å²) in [5.74, 6) is 1.04. The molecule has 3 heteroatoms. The third kappa shape index (κ3) is 2.07. The van der Waals surface area contributed by atoms with Gasteiger partial charge in [-0.25, -0.2) is 4.57 Å². The lowest BCUT2D eigenvalue weighted by atomic mass is 9.99. The molecule has 1 aromatic carbocycles. The Morgan fingerprint density at radius 3 is 2.65 bits per heavy atom. The van der Waals surface area contributed by atoms with Gasteiger partial charge in [-0.15, -0.1) is 0 Å². The number of nitrogens with zero attached hydrogens (tertiary/aromatic N) is 3. The number of benzene rings is 1. The quantitative estimate of drug-likeness (QED) is 0.504. The van der Waals surface area contributed by atoms with Crippen LogP contribution in [0.1, 0.15) is 27.9 Å². The molecule has 0 unspecified atom stereocenters. The topological polar surface area (TPSA) is 29.7 Å². The molecular formula is C20H20N3+. The monoisotopic (exact) mass is 302 g/mol. The summed E-state index contributed by atoms with van der Waals surface area (Å²) in [5.41, 5.74) is 10.2. The van der Waals surface area contributed by atoms with Gasteiger partial charge in [0.1, 0.15) is 5.69 Å². The summed E-state index contributed by atoms with van der Waals surface area (Å²) in [4.78, 5) is 9.06. The maximum absolute atomic E-state index is 4.80. The zero-order valence-electron chi connectivity index (χ0n) is 14.0. The molecular weight excluding hydrogens is 282 g/mol. The summed E-state index contributed by atoms with van der Waals surface area (Å²) in [5, 5.41) is 0. The molecule has 0 spiro atoms. The van der Waals surface area contributed by atoms with E-state index in [-0.39, 0.29) is 0 Å². The molecule has 0 amide bonds. The van der Waals surface area contributed by atoms with Crippen LogP contribution in [0.15, 0.2) is 36.8 Å². The van der Waals surface area contributed by atoms with E-state index in [1.165, 1.54) is 44.6 Å². The first kappa shape index (κ1) is 14.1. The van der Waals surface area contributed by atoms with Crippen molar-refractivity contribution < 1.29 is 4.57 Å². The molecule has 0 saturated heterocycles. The molecule has 4 rings (SSSR count). The zero-order chi connectivity index (χ0) is 16.1. The van der Waals surface area contributed by atoms with Crippen molar-refractivity contribution in [1.29, 1.82) is 0 Å². The molecule has 1 aliphatic rings. The lowest BCUT2D eigenvalue weighted by Crippen LogP contribution is -2.37. The summed E-state index contributed by atoms with van der Waals surface area (Å²) < 4.78 is 2.25. The van der Waals surface area contributed by atoms with Gasteiger partial charge in [-0.1, -0.05) is 6.07 Å². The second-order valence-electron chi connectivity index (χ2n) is 6.47. The number of rotatable bonds is 1. The van der Waals surface area contributed by atoms with Crippen LogP contribution in [-0.4, -0.2) is 9.97 Å². The van der Waals surface area contributed by atoms with Crippen molar-refractivity contribution in [2.24, 2.45) is 7.05 Å². The Kier molecular flexibility index (Phi) is 3.05. The largest absolute Gasteiger partial charge is 0.330 e. The van der Waals surface area contributed by atoms with Crippen molar-refractivity contribution >= 4 is 0 Å². The molecule has 0 N–H and O–H groups in total. The van der Waals surface area contributed by atoms with Crippen LogP contribution in [0.4, 0.5) is 0 Å². The fourth-order valence-electron chi connectivity index (χ4n) is 3.56. The van der Waals surface area contributed by atoms with Crippen molar-refractivity contribution in [3.8, 4) is 22.5 Å². The maximum Gasteiger partial charge on any atom is 0.330 e. The number of aryl methyl sites for hydroxylation is 2. The minimum absolute atomic E-state index is 0.947. The van der Waals surface area contributed by atoms with Crippen LogP contribution in [0, 0.1) is 20.8 Å². The average Bonchev–Trinajstić information content (AvgIpc) is 2.91. The highest BCUT2D eigenvalue weighted by atomic mass is 15.0. The summed E-state index contributed by atoms with van der Waals surface area (Å²) in [7, 11) is 2.12. The normalized spacial score (nSPS) is 12.2. The van der Waals surface area contributed by atoms with E-state index in [0.29, 0.717) is 0 Å². The number of hydrogen-bond donors (Lipinski definition) is 0. The van der Waals surface area contributed by atoms with Gasteiger partial charge in [0.05, 0.1) is 18.2 Å². The molecule has 0 fully saturated rings. The van der Waals surface area contributed by atoms with Crippen molar-refractivity contribution in [2.45, 2.75) is 27.2 Å². The van der Waals surface area contributed by atoms with Crippen LogP contribution in [0.25, 0.3) is 22.5 Å². The predicted octanol–water partition coefficient (Wildman–Crippen LogP) is 3.46. The summed E-state index contributed by atoms with van der Waals surface area (Å²) in [6.45, 7) is 6.49. The number of pyridine rings is 1. The highest BCUT2D eigenvalue weighted by Gasteiger charge is 2.29. The Bertz CT molecular complexity index is 942. The van der Waals surface area contributed by atoms with Gasteiger partial charge in [0.15, 0.2) is 6.20 Å². The smallest absolute Gasteiger partial charge is 0.264 e. The molecule has 0 aliphatic heterocycles. The number of aromatic nitrogens is 3. The highest BCUT2D eigenvalue weighted by Crippen LogP contribution is 2.34. The first-order chi connectivity index (χ1) is 11.1. The minimum atomic E-state index is 0.947. The summed E-state index contributed by atoms with van der Waals surface area (Å²) in [6.07, 6.45) is 6.77. The van der Waals surface area contributed by atoms with Crippen molar-refractivity contribution in [2.75, 3.05) is 0 Å². The van der Waals surface area contributed by atoms with Gasteiger partial charge < -0.3 is 0 Å². The second kappa shape index (κ2) is 4.98. The molecule has 2 heterocycles. The lowest BCUT2D eigenvalue weighted by molar-refractivity contribution is -0.669. The van der Waals surface area contributed by atoms with Gasteiger partial charge in [0.2, 0.25) is 0 Å². The van der Waals surface area contributed by atoms with Crippen molar-refractivity contribution in [3.05, 3.63) is 64.7 Å². The molecule has 23 heavy (non-hydrogen) atoms. The van der Waals surface area contributed by atoms with E-state index in [2.05, 4.69) is 55.6 Å². The van der Waals surface area contributed by atoms with Gasteiger partial charge in [0, 0.05) is 24.4 Å². The molecule has 3 nitrogen and oxygen atoms in total. The van der Waals surface area contributed by atoms with E-state index < -0.39 is 0 Å². The van der Waals surface area contributed by atoms with E-state index in [4.69, 9.17) is 4.98 Å². The van der Waals surface area contributed by atoms with E-state index in [1.807, 2.05) is 18.6 Å². The van der Waals surface area contributed by atoms with Gasteiger partial charge in [-0.2, -0.15) is 0 Å². The van der Waals surface area contributed by atoms with Crippen LogP contribution in [-0.2, 0) is 13.5 Å². The maximum atomic E-state index is 4.80. The molecule has 114 valence electrons. The minimum Gasteiger partial charge on any atom is -0.264 e. The molecule has 1 aliphatic carbocycles. The molecule has 0 bridgehead atoms. The predicted molar refractivity (Wildman–Crippen MR) is 91.1 cm³/mol. The Hall–Kier alpha value is -2.55. The van der Waals surface area contributed by atoms with Crippen molar-refractivity contribution in [1.82, 2.24) is 9.97 Å². The number of fused-ring (bicyclic) bond motifs is 3. The van der Waals surface area contributed by atoms with E-state index in [9.17, 15) is 0 Å². The third-order valence-corrected chi connectivity index (χ3v) is 4.96. The molecule has 0 saturated carbocycles. The Morgan fingerprint density at radius 1 is 1.00 bits per heavy atom. The van der Waals surface area contributed by atoms with Crippen LogP contribution < -0.4 is 4.57 Å². The van der Waals surface area contributed by atoms with Crippen molar-refractivity contribution in [3.63, 3.8) is 0 Å². The average molecular weight is 302 g/mol. The summed E-state index contributed by atoms with van der Waals surface area (Å²) in [6, 6.07) is 6.57. The van der Waals surface area contributed by atoms with Gasteiger partial charge >= 0.3 is 5.82 Å². The Morgan fingerprint density at radius 2 is 1.83 bits per heavy atom. The van der Waals surface area contributed by atoms with Crippen LogP contribution >= 0.6 is 0 Å². The van der Waals surface area contributed by atoms with Crippen LogP contribution in [0.5, 0.6) is 0 Å². The fraction of sp³-hybridized carbons (Fsp3) is 0.250. The number of hydrogen-bond acceptors (Lipinski definition) is 2. The Balaban J connectivity index is 1.93. The summed E-state index contributed by atoms with van der Waals surface area (Å²) >= 11 is 0. The second-order valence-corrected chi connectivity index (χ2v) is 6.47. The highest BCUT2D eigenvalue weighted by molar-refractivity contribution is 5.73. The van der Waals surface area contributed by atoms with E-state index >= 15 is 0 Å². The van der Waals surface area contributed by atoms with Crippen LogP contribution in [0.2, 0.25) is 0 Å². The molecule has 0 atom stereocenters. The SMILES string of the molecule is Cc1cc(C)c(C)c(-c2ncc3c([n+]2C)Cc2ccncc2-3)c1. The molecule has 3 aromatic rings. The lowest BCUT2D eigenvalue weighted by Gasteiger charge is -2.10. The zero-order valence-corrected chi connectivity index (χ0v) is 14.0. The van der Waals surface area contributed by atoms with Gasteiger partial charge in [-0.05, 0) is 60.1 Å². The first-order valence-corrected chi connectivity index (χ1v) is 7.95. The fourth-order valence-corrected chi connectivity index (χ4v) is 3.56. The molecule has 2 aromatic heterocycles. The van der Waals surface area contributed by atoms with Gasteiger partial charge in [-0.3, -0.25) is 4.98 Å². The van der Waals surface area contributed by atoms with Crippen LogP contribution in [0.3, 0.4) is 0 Å².